The molecule has 1 aromatic heterocycles. The van der Waals surface area contributed by atoms with Crippen molar-refractivity contribution >= 4 is 68.6 Å². The summed E-state index contributed by atoms with van der Waals surface area (Å²) in [5.41, 5.74) is 3.05. The van der Waals surface area contributed by atoms with Crippen molar-refractivity contribution in [3.63, 3.8) is 0 Å². The van der Waals surface area contributed by atoms with Crippen molar-refractivity contribution in [1.29, 1.82) is 0 Å². The van der Waals surface area contributed by atoms with E-state index in [1.807, 2.05) is 55.5 Å². The molecule has 1 atom stereocenters. The second-order valence-corrected chi connectivity index (χ2v) is 13.5. The van der Waals surface area contributed by atoms with E-state index in [0.29, 0.717) is 56.4 Å². The lowest BCUT2D eigenvalue weighted by Gasteiger charge is -2.27. The van der Waals surface area contributed by atoms with E-state index in [4.69, 9.17) is 23.9 Å². The zero-order chi connectivity index (χ0) is 32.1. The fourth-order valence-corrected chi connectivity index (χ4v) is 8.24. The molecule has 0 aliphatic carbocycles. The molecule has 8 nitrogen and oxygen atoms in total. The molecule has 0 fully saturated rings. The van der Waals surface area contributed by atoms with Gasteiger partial charge >= 0.3 is 5.97 Å². The SMILES string of the molecule is CCCC1=C(C(=O)OCC)[C@@H](c2cc(OC)ccc2OC)n2c(s/c(=C\c3cc(I)cc(I)c3OCc3ccccc3)c2=O)=N1. The number of carbonyl (C=O) groups is 1. The van der Waals surface area contributed by atoms with E-state index in [1.54, 1.807) is 43.9 Å². The van der Waals surface area contributed by atoms with Crippen LogP contribution in [0.2, 0.25) is 0 Å². The van der Waals surface area contributed by atoms with Crippen molar-refractivity contribution in [1.82, 2.24) is 4.57 Å². The van der Waals surface area contributed by atoms with Crippen LogP contribution in [-0.2, 0) is 16.1 Å². The monoisotopic (exact) mass is 850 g/mol. The number of methoxy groups -OCH3 is 2. The highest BCUT2D eigenvalue weighted by molar-refractivity contribution is 14.1. The van der Waals surface area contributed by atoms with Gasteiger partial charge in [-0.2, -0.15) is 0 Å². The largest absolute Gasteiger partial charge is 0.497 e. The first kappa shape index (κ1) is 33.2. The van der Waals surface area contributed by atoms with Gasteiger partial charge in [-0.25, -0.2) is 9.79 Å². The van der Waals surface area contributed by atoms with Crippen LogP contribution in [0.4, 0.5) is 0 Å². The number of aromatic nitrogens is 1. The number of carbonyl (C=O) groups excluding carboxylic acids is 1. The van der Waals surface area contributed by atoms with E-state index < -0.39 is 12.0 Å². The summed E-state index contributed by atoms with van der Waals surface area (Å²) in [6.45, 7) is 4.36. The third kappa shape index (κ3) is 7.14. The fraction of sp³-hybridized carbons (Fsp3) is 0.265. The van der Waals surface area contributed by atoms with E-state index in [-0.39, 0.29) is 12.2 Å². The Labute approximate surface area is 292 Å². The molecule has 0 bridgehead atoms. The van der Waals surface area contributed by atoms with Gasteiger partial charge in [-0.3, -0.25) is 9.36 Å². The van der Waals surface area contributed by atoms with Gasteiger partial charge in [0.15, 0.2) is 4.80 Å². The normalized spacial score (nSPS) is 14.5. The molecule has 1 aliphatic heterocycles. The van der Waals surface area contributed by atoms with Crippen molar-refractivity contribution in [2.24, 2.45) is 4.99 Å². The summed E-state index contributed by atoms with van der Waals surface area (Å²) >= 11 is 5.81. The van der Waals surface area contributed by atoms with Crippen LogP contribution in [0.3, 0.4) is 0 Å². The van der Waals surface area contributed by atoms with Crippen LogP contribution in [-0.4, -0.2) is 31.4 Å². The van der Waals surface area contributed by atoms with Crippen LogP contribution < -0.4 is 29.1 Å². The van der Waals surface area contributed by atoms with Gasteiger partial charge in [0, 0.05) is 14.7 Å². The fourth-order valence-electron chi connectivity index (χ4n) is 5.18. The molecule has 11 heteroatoms. The Balaban J connectivity index is 1.74. The van der Waals surface area contributed by atoms with E-state index in [1.165, 1.54) is 11.3 Å². The Morgan fingerprint density at radius 3 is 2.51 bits per heavy atom. The van der Waals surface area contributed by atoms with Crippen LogP contribution >= 0.6 is 56.5 Å². The van der Waals surface area contributed by atoms with Crippen molar-refractivity contribution in [2.75, 3.05) is 20.8 Å². The van der Waals surface area contributed by atoms with Crippen molar-refractivity contribution in [3.8, 4) is 17.2 Å². The van der Waals surface area contributed by atoms with Gasteiger partial charge in [-0.05, 0) is 100 Å². The lowest BCUT2D eigenvalue weighted by atomic mass is 9.93. The Bertz CT molecular complexity index is 1930. The average molecular weight is 851 g/mol. The molecule has 0 unspecified atom stereocenters. The number of ether oxygens (including phenoxy) is 4. The van der Waals surface area contributed by atoms with Crippen molar-refractivity contribution < 1.29 is 23.7 Å². The zero-order valence-corrected chi connectivity index (χ0v) is 30.4. The Morgan fingerprint density at radius 2 is 1.82 bits per heavy atom. The van der Waals surface area contributed by atoms with E-state index in [0.717, 1.165) is 24.7 Å². The molecule has 2 heterocycles. The van der Waals surface area contributed by atoms with Crippen molar-refractivity contribution in [3.05, 3.63) is 115 Å². The molecular formula is C34H32I2N2O6S. The molecule has 3 aromatic carbocycles. The first-order chi connectivity index (χ1) is 21.8. The molecule has 0 saturated heterocycles. The average Bonchev–Trinajstić information content (AvgIpc) is 3.34. The summed E-state index contributed by atoms with van der Waals surface area (Å²) in [6.07, 6.45) is 3.14. The Morgan fingerprint density at radius 1 is 1.04 bits per heavy atom. The van der Waals surface area contributed by atoms with E-state index >= 15 is 0 Å². The highest BCUT2D eigenvalue weighted by Crippen LogP contribution is 2.39. The lowest BCUT2D eigenvalue weighted by Crippen LogP contribution is -2.40. The minimum atomic E-state index is -0.834. The third-order valence-corrected chi connectivity index (χ3v) is 9.58. The molecule has 5 rings (SSSR count). The van der Waals surface area contributed by atoms with Gasteiger partial charge in [0.25, 0.3) is 5.56 Å². The quantitative estimate of drug-likeness (QED) is 0.129. The van der Waals surface area contributed by atoms with Gasteiger partial charge in [0.05, 0.1) is 40.2 Å². The zero-order valence-electron chi connectivity index (χ0n) is 25.3. The maximum Gasteiger partial charge on any atom is 0.338 e. The standard InChI is InChI=1S/C34H32I2N2O6S/c1-5-10-26-29(33(40)43-6-2)30(24-18-23(41-3)13-14-27(24)42-4)38-32(39)28(45-34(38)37-26)16-21-15-22(35)17-25(36)31(21)44-19-20-11-8-7-9-12-20/h7-9,11-18,30H,5-6,10,19H2,1-4H3/b28-16-/t30-/m1/s1. The van der Waals surface area contributed by atoms with Gasteiger partial charge < -0.3 is 18.9 Å². The lowest BCUT2D eigenvalue weighted by molar-refractivity contribution is -0.139. The number of hydrogen-bond acceptors (Lipinski definition) is 8. The number of rotatable bonds is 11. The molecule has 0 N–H and O–H groups in total. The number of hydrogen-bond donors (Lipinski definition) is 0. The number of allylic oxidation sites excluding steroid dienone is 1. The summed E-state index contributed by atoms with van der Waals surface area (Å²) in [5.74, 6) is 1.26. The first-order valence-corrected chi connectivity index (χ1v) is 17.4. The minimum Gasteiger partial charge on any atom is -0.497 e. The predicted molar refractivity (Wildman–Crippen MR) is 192 cm³/mol. The van der Waals surface area contributed by atoms with E-state index in [2.05, 4.69) is 45.2 Å². The smallest absolute Gasteiger partial charge is 0.338 e. The number of fused-ring (bicyclic) bond motifs is 1. The van der Waals surface area contributed by atoms with Gasteiger partial charge in [0.2, 0.25) is 0 Å². The number of halogens is 2. The molecule has 0 saturated carbocycles. The molecular weight excluding hydrogens is 818 g/mol. The summed E-state index contributed by atoms with van der Waals surface area (Å²) < 4.78 is 27.1. The van der Waals surface area contributed by atoms with Gasteiger partial charge in [-0.15, -0.1) is 0 Å². The highest BCUT2D eigenvalue weighted by atomic mass is 127. The Kier molecular flexibility index (Phi) is 11.0. The summed E-state index contributed by atoms with van der Waals surface area (Å²) in [4.78, 5) is 33.4. The maximum absolute atomic E-state index is 14.4. The Hall–Kier alpha value is -3.17. The molecule has 0 spiro atoms. The summed E-state index contributed by atoms with van der Waals surface area (Å²) in [6, 6.07) is 18.5. The summed E-state index contributed by atoms with van der Waals surface area (Å²) in [5, 5.41) is 0. The maximum atomic E-state index is 14.4. The number of esters is 1. The molecule has 45 heavy (non-hydrogen) atoms. The summed E-state index contributed by atoms with van der Waals surface area (Å²) in [7, 11) is 3.13. The number of thiazole rings is 1. The van der Waals surface area contributed by atoms with Crippen LogP contribution in [0.15, 0.2) is 81.7 Å². The molecule has 0 amide bonds. The number of benzene rings is 3. The second-order valence-electron chi connectivity index (χ2n) is 10.1. The molecule has 1 aliphatic rings. The van der Waals surface area contributed by atoms with Crippen LogP contribution in [0, 0.1) is 7.14 Å². The minimum absolute atomic E-state index is 0.186. The van der Waals surface area contributed by atoms with Crippen LogP contribution in [0.1, 0.15) is 49.4 Å². The van der Waals surface area contributed by atoms with Crippen molar-refractivity contribution in [2.45, 2.75) is 39.3 Å². The number of nitrogens with zero attached hydrogens (tertiary/aromatic N) is 2. The van der Waals surface area contributed by atoms with E-state index in [9.17, 15) is 9.59 Å². The topological polar surface area (TPSA) is 88.4 Å². The van der Waals surface area contributed by atoms with Crippen LogP contribution in [0.25, 0.3) is 6.08 Å². The van der Waals surface area contributed by atoms with Gasteiger partial charge in [-0.1, -0.05) is 55.0 Å². The molecule has 0 radical (unpaired) electrons. The highest BCUT2D eigenvalue weighted by Gasteiger charge is 2.36. The molecule has 4 aromatic rings. The predicted octanol–water partition coefficient (Wildman–Crippen LogP) is 6.38. The molecule has 234 valence electrons. The second kappa shape index (κ2) is 14.9. The van der Waals surface area contributed by atoms with Crippen LogP contribution in [0.5, 0.6) is 17.2 Å². The third-order valence-electron chi connectivity index (χ3n) is 7.17. The first-order valence-electron chi connectivity index (χ1n) is 14.4. The van der Waals surface area contributed by atoms with Gasteiger partial charge in [0.1, 0.15) is 29.9 Å².